The van der Waals surface area contributed by atoms with E-state index >= 15 is 0 Å². The molecule has 1 aromatic rings. The fraction of sp³-hybridized carbons (Fsp3) is 0.667. The first kappa shape index (κ1) is 19.0. The SMILES string of the molecule is CCNC(=NCCS(=O)(=O)CC)NC(C)Cc1ccc(C)s1. The smallest absolute Gasteiger partial charge is 0.191 e. The molecule has 0 radical (unpaired) electrons. The number of rotatable bonds is 8. The van der Waals surface area contributed by atoms with Crippen molar-refractivity contribution < 1.29 is 8.42 Å². The molecule has 0 bridgehead atoms. The molecule has 0 saturated heterocycles. The van der Waals surface area contributed by atoms with Crippen molar-refractivity contribution in [1.82, 2.24) is 10.6 Å². The summed E-state index contributed by atoms with van der Waals surface area (Å²) in [6, 6.07) is 4.51. The minimum absolute atomic E-state index is 0.0958. The van der Waals surface area contributed by atoms with Crippen LogP contribution in [0.5, 0.6) is 0 Å². The van der Waals surface area contributed by atoms with Gasteiger partial charge in [0.05, 0.1) is 12.3 Å². The average molecular weight is 346 g/mol. The van der Waals surface area contributed by atoms with Gasteiger partial charge in [0.1, 0.15) is 0 Å². The van der Waals surface area contributed by atoms with Crippen molar-refractivity contribution in [3.8, 4) is 0 Å². The maximum Gasteiger partial charge on any atom is 0.191 e. The number of hydrogen-bond donors (Lipinski definition) is 2. The highest BCUT2D eigenvalue weighted by atomic mass is 32.2. The first-order chi connectivity index (χ1) is 10.4. The third-order valence-electron chi connectivity index (χ3n) is 3.14. The highest BCUT2D eigenvalue weighted by Crippen LogP contribution is 2.16. The topological polar surface area (TPSA) is 70.6 Å². The molecule has 1 aromatic heterocycles. The van der Waals surface area contributed by atoms with E-state index in [1.54, 1.807) is 18.3 Å². The van der Waals surface area contributed by atoms with Crippen molar-refractivity contribution in [2.75, 3.05) is 24.6 Å². The van der Waals surface area contributed by atoms with Gasteiger partial charge in [-0.25, -0.2) is 8.42 Å². The maximum absolute atomic E-state index is 11.5. The van der Waals surface area contributed by atoms with Crippen LogP contribution in [0.25, 0.3) is 0 Å². The molecule has 7 heteroatoms. The summed E-state index contributed by atoms with van der Waals surface area (Å²) in [5.74, 6) is 0.939. The summed E-state index contributed by atoms with van der Waals surface area (Å²) in [7, 11) is -2.97. The predicted octanol–water partition coefficient (Wildman–Crippen LogP) is 1.98. The van der Waals surface area contributed by atoms with Gasteiger partial charge in [0, 0.05) is 34.5 Å². The molecule has 1 heterocycles. The van der Waals surface area contributed by atoms with Crippen LogP contribution in [-0.2, 0) is 16.3 Å². The van der Waals surface area contributed by atoms with Gasteiger partial charge in [-0.1, -0.05) is 6.92 Å². The summed E-state index contributed by atoms with van der Waals surface area (Å²) in [5.41, 5.74) is 0. The summed E-state index contributed by atoms with van der Waals surface area (Å²) in [6.07, 6.45) is 0.927. The van der Waals surface area contributed by atoms with Crippen LogP contribution in [0.1, 0.15) is 30.5 Å². The van der Waals surface area contributed by atoms with Gasteiger partial charge in [0.15, 0.2) is 15.8 Å². The molecule has 0 fully saturated rings. The lowest BCUT2D eigenvalue weighted by molar-refractivity contribution is 0.597. The van der Waals surface area contributed by atoms with Gasteiger partial charge in [-0.3, -0.25) is 4.99 Å². The van der Waals surface area contributed by atoms with Crippen molar-refractivity contribution in [3.05, 3.63) is 21.9 Å². The van der Waals surface area contributed by atoms with Crippen molar-refractivity contribution in [2.24, 2.45) is 4.99 Å². The molecule has 1 unspecified atom stereocenters. The van der Waals surface area contributed by atoms with Crippen LogP contribution >= 0.6 is 11.3 Å². The average Bonchev–Trinajstić information content (AvgIpc) is 2.84. The van der Waals surface area contributed by atoms with E-state index in [4.69, 9.17) is 0 Å². The van der Waals surface area contributed by atoms with Crippen LogP contribution in [0.2, 0.25) is 0 Å². The van der Waals surface area contributed by atoms with Gasteiger partial charge in [-0.2, -0.15) is 0 Å². The normalized spacial score (nSPS) is 13.9. The number of aryl methyl sites for hydroxylation is 1. The van der Waals surface area contributed by atoms with E-state index < -0.39 is 9.84 Å². The van der Waals surface area contributed by atoms with Crippen molar-refractivity contribution in [1.29, 1.82) is 0 Å². The van der Waals surface area contributed by atoms with Crippen LogP contribution in [0.15, 0.2) is 17.1 Å². The zero-order valence-corrected chi connectivity index (χ0v) is 15.5. The van der Waals surface area contributed by atoms with E-state index in [9.17, 15) is 8.42 Å². The molecule has 1 atom stereocenters. The first-order valence-corrected chi connectivity index (χ1v) is 10.3. The largest absolute Gasteiger partial charge is 0.357 e. The second kappa shape index (κ2) is 9.15. The standard InChI is InChI=1S/C15H27N3O2S2/c1-5-16-15(17-9-10-22(19,20)6-2)18-12(3)11-14-8-7-13(4)21-14/h7-8,12H,5-6,9-11H2,1-4H3,(H2,16,17,18). The molecule has 0 aromatic carbocycles. The number of nitrogens with one attached hydrogen (secondary N) is 2. The minimum Gasteiger partial charge on any atom is -0.357 e. The summed E-state index contributed by atoms with van der Waals surface area (Å²) in [5, 5.41) is 6.49. The molecular formula is C15H27N3O2S2. The second-order valence-corrected chi connectivity index (χ2v) is 9.10. The summed E-state index contributed by atoms with van der Waals surface area (Å²) in [4.78, 5) is 7.00. The molecule has 2 N–H and O–H groups in total. The zero-order chi connectivity index (χ0) is 16.6. The van der Waals surface area contributed by atoms with Crippen molar-refractivity contribution >= 4 is 27.1 Å². The Hall–Kier alpha value is -1.08. The van der Waals surface area contributed by atoms with Gasteiger partial charge in [-0.15, -0.1) is 11.3 Å². The lowest BCUT2D eigenvalue weighted by Gasteiger charge is -2.17. The number of nitrogens with zero attached hydrogens (tertiary/aromatic N) is 1. The van der Waals surface area contributed by atoms with E-state index in [0.717, 1.165) is 13.0 Å². The summed E-state index contributed by atoms with van der Waals surface area (Å²) < 4.78 is 23.0. The quantitative estimate of drug-likeness (QED) is 0.558. The Morgan fingerprint density at radius 2 is 2.09 bits per heavy atom. The molecule has 0 aliphatic rings. The summed E-state index contributed by atoms with van der Waals surface area (Å²) >= 11 is 1.80. The Balaban J connectivity index is 2.55. The van der Waals surface area contributed by atoms with Crippen LogP contribution in [0, 0.1) is 6.92 Å². The number of hydrogen-bond acceptors (Lipinski definition) is 4. The Kier molecular flexibility index (Phi) is 7.89. The molecule has 0 amide bonds. The fourth-order valence-electron chi connectivity index (χ4n) is 1.94. The molecular weight excluding hydrogens is 318 g/mol. The molecule has 0 aliphatic heterocycles. The molecule has 5 nitrogen and oxygen atoms in total. The highest BCUT2D eigenvalue weighted by Gasteiger charge is 2.09. The number of aliphatic imine (C=N–C) groups is 1. The molecule has 22 heavy (non-hydrogen) atoms. The van der Waals surface area contributed by atoms with Crippen LogP contribution in [0.4, 0.5) is 0 Å². The highest BCUT2D eigenvalue weighted by molar-refractivity contribution is 7.91. The molecule has 1 rings (SSSR count). The minimum atomic E-state index is -2.97. The van der Waals surface area contributed by atoms with Crippen LogP contribution in [0.3, 0.4) is 0 Å². The van der Waals surface area contributed by atoms with E-state index in [-0.39, 0.29) is 24.1 Å². The Morgan fingerprint density at radius 1 is 1.36 bits per heavy atom. The third kappa shape index (κ3) is 7.26. The number of sulfone groups is 1. The van der Waals surface area contributed by atoms with Gasteiger partial charge in [0.2, 0.25) is 0 Å². The summed E-state index contributed by atoms with van der Waals surface area (Å²) in [6.45, 7) is 8.89. The fourth-order valence-corrected chi connectivity index (χ4v) is 3.62. The van der Waals surface area contributed by atoms with Crippen molar-refractivity contribution in [2.45, 2.75) is 40.2 Å². The van der Waals surface area contributed by atoms with Crippen LogP contribution < -0.4 is 10.6 Å². The lowest BCUT2D eigenvalue weighted by atomic mass is 10.2. The number of guanidine groups is 1. The Morgan fingerprint density at radius 3 is 2.64 bits per heavy atom. The van der Waals surface area contributed by atoms with E-state index in [1.807, 2.05) is 6.92 Å². The molecule has 0 saturated carbocycles. The third-order valence-corrected chi connectivity index (χ3v) is 5.85. The molecule has 126 valence electrons. The first-order valence-electron chi connectivity index (χ1n) is 7.67. The van der Waals surface area contributed by atoms with E-state index in [1.165, 1.54) is 9.75 Å². The van der Waals surface area contributed by atoms with Gasteiger partial charge >= 0.3 is 0 Å². The van der Waals surface area contributed by atoms with Crippen LogP contribution in [-0.4, -0.2) is 45.0 Å². The predicted molar refractivity (Wildman–Crippen MR) is 95.7 cm³/mol. The monoisotopic (exact) mass is 345 g/mol. The van der Waals surface area contributed by atoms with Gasteiger partial charge in [0.25, 0.3) is 0 Å². The molecule has 0 spiro atoms. The maximum atomic E-state index is 11.5. The van der Waals surface area contributed by atoms with Crippen molar-refractivity contribution in [3.63, 3.8) is 0 Å². The lowest BCUT2D eigenvalue weighted by Crippen LogP contribution is -2.43. The van der Waals surface area contributed by atoms with Gasteiger partial charge in [-0.05, 0) is 32.9 Å². The zero-order valence-electron chi connectivity index (χ0n) is 13.8. The Bertz CT molecular complexity index is 579. The Labute approximate surface area is 138 Å². The number of thiophene rings is 1. The second-order valence-electron chi connectivity index (χ2n) is 5.26. The van der Waals surface area contributed by atoms with Gasteiger partial charge < -0.3 is 10.6 Å². The van der Waals surface area contributed by atoms with E-state index in [2.05, 4.69) is 41.6 Å². The molecule has 0 aliphatic carbocycles. The van der Waals surface area contributed by atoms with E-state index in [0.29, 0.717) is 5.96 Å².